The molecule has 0 aliphatic carbocycles. The van der Waals surface area contributed by atoms with E-state index in [9.17, 15) is 4.79 Å². The summed E-state index contributed by atoms with van der Waals surface area (Å²) in [6, 6.07) is 0.422. The summed E-state index contributed by atoms with van der Waals surface area (Å²) in [5.74, 6) is 0.716. The van der Waals surface area contributed by atoms with Crippen LogP contribution in [0.1, 0.15) is 33.6 Å². The van der Waals surface area contributed by atoms with E-state index in [2.05, 4.69) is 19.2 Å². The second-order valence-corrected chi connectivity index (χ2v) is 5.16. The van der Waals surface area contributed by atoms with Gasteiger partial charge in [-0.3, -0.25) is 4.79 Å². The normalized spacial score (nSPS) is 25.0. The van der Waals surface area contributed by atoms with Crippen LogP contribution in [0, 0.1) is 5.92 Å². The van der Waals surface area contributed by atoms with Crippen LogP contribution in [0.3, 0.4) is 0 Å². The van der Waals surface area contributed by atoms with E-state index in [-0.39, 0.29) is 5.91 Å². The van der Waals surface area contributed by atoms with Crippen molar-refractivity contribution in [1.82, 2.24) is 10.2 Å². The summed E-state index contributed by atoms with van der Waals surface area (Å²) in [5.41, 5.74) is 0. The number of amides is 1. The fraction of sp³-hybridized carbons (Fsp3) is 0.923. The Hall–Kier alpha value is -0.610. The first kappa shape index (κ1) is 14.5. The maximum atomic E-state index is 11.7. The molecule has 4 heteroatoms. The quantitative estimate of drug-likeness (QED) is 0.789. The van der Waals surface area contributed by atoms with Crippen LogP contribution in [0.15, 0.2) is 0 Å². The first-order valence-electron chi connectivity index (χ1n) is 6.63. The largest absolute Gasteiger partial charge is 0.378 e. The number of nitrogens with zero attached hydrogens (tertiary/aromatic N) is 1. The van der Waals surface area contributed by atoms with E-state index in [0.717, 1.165) is 26.0 Å². The smallest absolute Gasteiger partial charge is 0.236 e. The van der Waals surface area contributed by atoms with Crippen molar-refractivity contribution < 1.29 is 9.53 Å². The van der Waals surface area contributed by atoms with Crippen LogP contribution in [0.2, 0.25) is 0 Å². The van der Waals surface area contributed by atoms with Crippen LogP contribution >= 0.6 is 0 Å². The lowest BCUT2D eigenvalue weighted by atomic mass is 9.95. The van der Waals surface area contributed by atoms with Gasteiger partial charge in [-0.25, -0.2) is 0 Å². The van der Waals surface area contributed by atoms with Crippen LogP contribution in [0.25, 0.3) is 0 Å². The number of carbonyl (C=O) groups excluding carboxylic acids is 1. The molecule has 1 fully saturated rings. The van der Waals surface area contributed by atoms with E-state index < -0.39 is 0 Å². The predicted octanol–water partition coefficient (Wildman–Crippen LogP) is 1.26. The van der Waals surface area contributed by atoms with E-state index in [1.165, 1.54) is 0 Å². The molecule has 0 radical (unpaired) electrons. The molecule has 2 unspecified atom stereocenters. The molecule has 2 atom stereocenters. The molecule has 0 bridgehead atoms. The molecule has 1 heterocycles. The van der Waals surface area contributed by atoms with E-state index in [0.29, 0.717) is 24.6 Å². The monoisotopic (exact) mass is 242 g/mol. The van der Waals surface area contributed by atoms with E-state index >= 15 is 0 Å². The third kappa shape index (κ3) is 4.64. The third-order valence-electron chi connectivity index (χ3n) is 3.50. The van der Waals surface area contributed by atoms with Gasteiger partial charge in [-0.2, -0.15) is 0 Å². The minimum absolute atomic E-state index is 0.167. The van der Waals surface area contributed by atoms with Crippen LogP contribution in [-0.4, -0.2) is 49.7 Å². The van der Waals surface area contributed by atoms with Crippen molar-refractivity contribution in [3.63, 3.8) is 0 Å². The molecule has 17 heavy (non-hydrogen) atoms. The van der Waals surface area contributed by atoms with Crippen molar-refractivity contribution in [3.8, 4) is 0 Å². The number of likely N-dealkylation sites (N-methyl/N-ethyl adjacent to an activating group) is 1. The summed E-state index contributed by atoms with van der Waals surface area (Å²) in [7, 11) is 1.84. The minimum Gasteiger partial charge on any atom is -0.378 e. The van der Waals surface area contributed by atoms with Crippen LogP contribution in [-0.2, 0) is 9.53 Å². The standard InChI is InChI=1S/C13H26N2O2/c1-5-15(4)13(16)9-14-11-6-7-17-12(8-11)10(2)3/h10-12,14H,5-9H2,1-4H3. The van der Waals surface area contributed by atoms with E-state index in [1.807, 2.05) is 14.0 Å². The number of rotatable bonds is 5. The summed E-state index contributed by atoms with van der Waals surface area (Å²) < 4.78 is 5.71. The molecule has 0 spiro atoms. The lowest BCUT2D eigenvalue weighted by Crippen LogP contribution is -2.45. The molecule has 1 N–H and O–H groups in total. The molecule has 4 nitrogen and oxygen atoms in total. The van der Waals surface area contributed by atoms with Crippen LogP contribution in [0.4, 0.5) is 0 Å². The highest BCUT2D eigenvalue weighted by Gasteiger charge is 2.25. The first-order valence-corrected chi connectivity index (χ1v) is 6.63. The lowest BCUT2D eigenvalue weighted by Gasteiger charge is -2.32. The van der Waals surface area contributed by atoms with Crippen LogP contribution < -0.4 is 5.32 Å². The zero-order valence-electron chi connectivity index (χ0n) is 11.5. The Kier molecular flexibility index (Phi) is 5.92. The average Bonchev–Trinajstić information content (AvgIpc) is 2.35. The number of ether oxygens (including phenoxy) is 1. The topological polar surface area (TPSA) is 41.6 Å². The molecular formula is C13H26N2O2. The number of hydrogen-bond donors (Lipinski definition) is 1. The molecule has 1 amide bonds. The zero-order chi connectivity index (χ0) is 12.8. The van der Waals surface area contributed by atoms with Gasteiger partial charge in [0.05, 0.1) is 12.6 Å². The molecule has 100 valence electrons. The van der Waals surface area contributed by atoms with Crippen molar-refractivity contribution in [1.29, 1.82) is 0 Å². The van der Waals surface area contributed by atoms with Gasteiger partial charge in [0.2, 0.25) is 5.91 Å². The number of carbonyl (C=O) groups is 1. The van der Waals surface area contributed by atoms with E-state index in [1.54, 1.807) is 4.90 Å². The summed E-state index contributed by atoms with van der Waals surface area (Å²) in [6.07, 6.45) is 2.35. The van der Waals surface area contributed by atoms with Gasteiger partial charge >= 0.3 is 0 Å². The Balaban J connectivity index is 2.29. The highest BCUT2D eigenvalue weighted by Crippen LogP contribution is 2.19. The molecular weight excluding hydrogens is 216 g/mol. The van der Waals surface area contributed by atoms with Crippen molar-refractivity contribution in [2.75, 3.05) is 26.7 Å². The molecule has 1 saturated heterocycles. The Morgan fingerprint density at radius 1 is 1.53 bits per heavy atom. The number of nitrogens with one attached hydrogen (secondary N) is 1. The molecule has 1 aliphatic rings. The van der Waals surface area contributed by atoms with Gasteiger partial charge in [0.25, 0.3) is 0 Å². The molecule has 0 aromatic carbocycles. The fourth-order valence-corrected chi connectivity index (χ4v) is 2.02. The maximum Gasteiger partial charge on any atom is 0.236 e. The molecule has 0 saturated carbocycles. The lowest BCUT2D eigenvalue weighted by molar-refractivity contribution is -0.129. The van der Waals surface area contributed by atoms with Crippen molar-refractivity contribution >= 4 is 5.91 Å². The summed E-state index contributed by atoms with van der Waals surface area (Å²) in [6.45, 7) is 8.37. The van der Waals surface area contributed by atoms with Gasteiger partial charge in [-0.1, -0.05) is 13.8 Å². The zero-order valence-corrected chi connectivity index (χ0v) is 11.5. The maximum absolute atomic E-state index is 11.7. The van der Waals surface area contributed by atoms with Gasteiger partial charge < -0.3 is 15.0 Å². The predicted molar refractivity (Wildman–Crippen MR) is 68.9 cm³/mol. The van der Waals surface area contributed by atoms with Gasteiger partial charge in [-0.05, 0) is 25.7 Å². The SMILES string of the molecule is CCN(C)C(=O)CNC1CCOC(C(C)C)C1. The summed E-state index contributed by atoms with van der Waals surface area (Å²) >= 11 is 0. The molecule has 1 aliphatic heterocycles. The second kappa shape index (κ2) is 6.97. The Labute approximate surface area is 105 Å². The van der Waals surface area contributed by atoms with Crippen molar-refractivity contribution in [3.05, 3.63) is 0 Å². The molecule has 1 rings (SSSR count). The molecule has 0 aromatic heterocycles. The highest BCUT2D eigenvalue weighted by molar-refractivity contribution is 5.77. The Morgan fingerprint density at radius 3 is 2.82 bits per heavy atom. The average molecular weight is 242 g/mol. The van der Waals surface area contributed by atoms with E-state index in [4.69, 9.17) is 4.74 Å². The van der Waals surface area contributed by atoms with Crippen LogP contribution in [0.5, 0.6) is 0 Å². The van der Waals surface area contributed by atoms with Crippen molar-refractivity contribution in [2.45, 2.75) is 45.8 Å². The minimum atomic E-state index is 0.167. The Bertz CT molecular complexity index is 244. The number of hydrogen-bond acceptors (Lipinski definition) is 3. The first-order chi connectivity index (χ1) is 8.04. The van der Waals surface area contributed by atoms with Gasteiger partial charge in [-0.15, -0.1) is 0 Å². The molecule has 0 aromatic rings. The highest BCUT2D eigenvalue weighted by atomic mass is 16.5. The van der Waals surface area contributed by atoms with Crippen molar-refractivity contribution in [2.24, 2.45) is 5.92 Å². The summed E-state index contributed by atoms with van der Waals surface area (Å²) in [5, 5.41) is 3.35. The van der Waals surface area contributed by atoms with Gasteiger partial charge in [0.15, 0.2) is 0 Å². The fourth-order valence-electron chi connectivity index (χ4n) is 2.02. The van der Waals surface area contributed by atoms with Gasteiger partial charge in [0, 0.05) is 26.2 Å². The Morgan fingerprint density at radius 2 is 2.24 bits per heavy atom. The third-order valence-corrected chi connectivity index (χ3v) is 3.50. The summed E-state index contributed by atoms with van der Waals surface area (Å²) in [4.78, 5) is 13.4. The second-order valence-electron chi connectivity index (χ2n) is 5.16. The van der Waals surface area contributed by atoms with Gasteiger partial charge in [0.1, 0.15) is 0 Å².